The van der Waals surface area contributed by atoms with Crippen LogP contribution in [0, 0.1) is 0 Å². The van der Waals surface area contributed by atoms with Crippen molar-refractivity contribution in [2.45, 2.75) is 44.9 Å². The van der Waals surface area contributed by atoms with E-state index in [9.17, 15) is 5.11 Å². The number of hydrogen-bond acceptors (Lipinski definition) is 2. The molecular formula is C18H21NO. The van der Waals surface area contributed by atoms with Crippen molar-refractivity contribution in [1.29, 1.82) is 0 Å². The van der Waals surface area contributed by atoms with Crippen LogP contribution in [0.3, 0.4) is 0 Å². The molecule has 1 fully saturated rings. The van der Waals surface area contributed by atoms with Gasteiger partial charge in [-0.25, -0.2) is 0 Å². The van der Waals surface area contributed by atoms with E-state index in [0.29, 0.717) is 11.7 Å². The molecule has 1 aromatic heterocycles. The topological polar surface area (TPSA) is 33.1 Å². The van der Waals surface area contributed by atoms with Crippen molar-refractivity contribution < 1.29 is 5.11 Å². The molecule has 0 unspecified atom stereocenters. The zero-order valence-electron chi connectivity index (χ0n) is 12.4. The Labute approximate surface area is 120 Å². The minimum absolute atomic E-state index is 0.0732. The number of benzene rings is 1. The molecule has 1 saturated carbocycles. The summed E-state index contributed by atoms with van der Waals surface area (Å²) in [6.07, 6.45) is 4.41. The summed E-state index contributed by atoms with van der Waals surface area (Å²) in [5, 5.41) is 10.1. The minimum Gasteiger partial charge on any atom is -0.507 e. The van der Waals surface area contributed by atoms with Gasteiger partial charge in [0, 0.05) is 28.9 Å². The van der Waals surface area contributed by atoms with Crippen LogP contribution in [0.4, 0.5) is 0 Å². The molecule has 2 aromatic rings. The Bertz CT molecular complexity index is 619. The molecule has 1 aromatic carbocycles. The summed E-state index contributed by atoms with van der Waals surface area (Å²) in [5.74, 6) is 0.984. The first-order chi connectivity index (χ1) is 9.45. The van der Waals surface area contributed by atoms with Crippen molar-refractivity contribution in [3.8, 4) is 16.9 Å². The Balaban J connectivity index is 1.99. The highest BCUT2D eigenvalue weighted by Gasteiger charge is 2.24. The summed E-state index contributed by atoms with van der Waals surface area (Å²) < 4.78 is 0. The lowest BCUT2D eigenvalue weighted by Gasteiger charge is -2.20. The van der Waals surface area contributed by atoms with E-state index in [4.69, 9.17) is 0 Å². The van der Waals surface area contributed by atoms with Crippen LogP contribution < -0.4 is 0 Å². The lowest BCUT2D eigenvalue weighted by atomic mass is 9.85. The second-order valence-electron chi connectivity index (χ2n) is 6.73. The number of hydrogen-bond donors (Lipinski definition) is 1. The van der Waals surface area contributed by atoms with Gasteiger partial charge >= 0.3 is 0 Å². The van der Waals surface area contributed by atoms with Crippen LogP contribution in [-0.4, -0.2) is 10.1 Å². The van der Waals surface area contributed by atoms with Crippen LogP contribution in [0.15, 0.2) is 36.5 Å². The number of pyridine rings is 1. The van der Waals surface area contributed by atoms with Gasteiger partial charge < -0.3 is 5.11 Å². The molecule has 0 radical (unpaired) electrons. The average molecular weight is 267 g/mol. The van der Waals surface area contributed by atoms with E-state index in [2.05, 4.69) is 44.0 Å². The van der Waals surface area contributed by atoms with Gasteiger partial charge in [0.25, 0.3) is 0 Å². The largest absolute Gasteiger partial charge is 0.507 e. The lowest BCUT2D eigenvalue weighted by Crippen LogP contribution is -2.10. The Kier molecular flexibility index (Phi) is 3.04. The van der Waals surface area contributed by atoms with E-state index in [0.717, 1.165) is 11.1 Å². The quantitative estimate of drug-likeness (QED) is 0.860. The van der Waals surface area contributed by atoms with E-state index in [1.54, 1.807) is 6.07 Å². The van der Waals surface area contributed by atoms with E-state index in [1.165, 1.54) is 24.1 Å². The number of rotatable bonds is 2. The molecule has 0 aliphatic heterocycles. The first-order valence-electron chi connectivity index (χ1n) is 7.25. The Morgan fingerprint density at radius 2 is 1.85 bits per heavy atom. The second-order valence-corrected chi connectivity index (χ2v) is 6.73. The Morgan fingerprint density at radius 1 is 1.10 bits per heavy atom. The third kappa shape index (κ3) is 2.55. The molecule has 2 heteroatoms. The third-order valence-electron chi connectivity index (χ3n) is 3.96. The van der Waals surface area contributed by atoms with Gasteiger partial charge in [-0.1, -0.05) is 32.9 Å². The molecule has 2 nitrogen and oxygen atoms in total. The highest BCUT2D eigenvalue weighted by atomic mass is 16.3. The van der Waals surface area contributed by atoms with Crippen molar-refractivity contribution >= 4 is 0 Å². The van der Waals surface area contributed by atoms with Crippen LogP contribution >= 0.6 is 0 Å². The van der Waals surface area contributed by atoms with Gasteiger partial charge in [0.1, 0.15) is 5.75 Å². The first-order valence-corrected chi connectivity index (χ1v) is 7.25. The zero-order chi connectivity index (χ0) is 14.3. The summed E-state index contributed by atoms with van der Waals surface area (Å²) in [6, 6.07) is 10.0. The summed E-state index contributed by atoms with van der Waals surface area (Å²) in [7, 11) is 0. The molecule has 20 heavy (non-hydrogen) atoms. The fourth-order valence-corrected chi connectivity index (χ4v) is 2.42. The van der Waals surface area contributed by atoms with Crippen molar-refractivity contribution in [2.24, 2.45) is 0 Å². The molecule has 0 spiro atoms. The average Bonchev–Trinajstić information content (AvgIpc) is 3.22. The summed E-state index contributed by atoms with van der Waals surface area (Å²) >= 11 is 0. The van der Waals surface area contributed by atoms with Crippen LogP contribution in [0.2, 0.25) is 0 Å². The van der Waals surface area contributed by atoms with Crippen molar-refractivity contribution in [3.05, 3.63) is 47.8 Å². The normalized spacial score (nSPS) is 15.3. The number of phenolic OH excluding ortho intramolecular Hbond substituents is 1. The van der Waals surface area contributed by atoms with Gasteiger partial charge in [0.2, 0.25) is 0 Å². The SMILES string of the molecule is CC(C)(C)c1ccc(O)c(-c2ccc(C3CC3)nc2)c1. The zero-order valence-corrected chi connectivity index (χ0v) is 12.4. The molecule has 0 atom stereocenters. The third-order valence-corrected chi connectivity index (χ3v) is 3.96. The summed E-state index contributed by atoms with van der Waals surface area (Å²) in [6.45, 7) is 6.53. The fraction of sp³-hybridized carbons (Fsp3) is 0.389. The van der Waals surface area contributed by atoms with Gasteiger partial charge in [-0.05, 0) is 42.0 Å². The van der Waals surface area contributed by atoms with Gasteiger partial charge in [0.05, 0.1) is 0 Å². The van der Waals surface area contributed by atoms with Gasteiger partial charge in [-0.2, -0.15) is 0 Å². The Morgan fingerprint density at radius 3 is 2.40 bits per heavy atom. The van der Waals surface area contributed by atoms with Crippen LogP contribution in [-0.2, 0) is 5.41 Å². The van der Waals surface area contributed by atoms with Crippen LogP contribution in [0.1, 0.15) is 50.8 Å². The molecular weight excluding hydrogens is 246 g/mol. The molecule has 1 aliphatic rings. The first kappa shape index (κ1) is 13.2. The lowest BCUT2D eigenvalue weighted by molar-refractivity contribution is 0.476. The monoisotopic (exact) mass is 267 g/mol. The Hall–Kier alpha value is -1.83. The summed E-state index contributed by atoms with van der Waals surface area (Å²) in [5.41, 5.74) is 4.33. The standard InChI is InChI=1S/C18H21NO/c1-18(2,3)14-7-9-17(20)15(10-14)13-6-8-16(19-11-13)12-4-5-12/h6-12,20H,4-5H2,1-3H3. The maximum atomic E-state index is 10.1. The van der Waals surface area contributed by atoms with E-state index in [1.807, 2.05) is 12.3 Å². The van der Waals surface area contributed by atoms with Crippen LogP contribution in [0.5, 0.6) is 5.75 Å². The number of nitrogens with zero attached hydrogens (tertiary/aromatic N) is 1. The molecule has 0 saturated heterocycles. The predicted molar refractivity (Wildman–Crippen MR) is 82.0 cm³/mol. The number of phenols is 1. The van der Waals surface area contributed by atoms with Crippen molar-refractivity contribution in [3.63, 3.8) is 0 Å². The van der Waals surface area contributed by atoms with Gasteiger partial charge in [-0.3, -0.25) is 4.98 Å². The molecule has 3 rings (SSSR count). The van der Waals surface area contributed by atoms with Crippen molar-refractivity contribution in [2.75, 3.05) is 0 Å². The molecule has 104 valence electrons. The molecule has 0 amide bonds. The smallest absolute Gasteiger partial charge is 0.123 e. The highest BCUT2D eigenvalue weighted by Crippen LogP contribution is 2.40. The van der Waals surface area contributed by atoms with E-state index in [-0.39, 0.29) is 5.41 Å². The van der Waals surface area contributed by atoms with E-state index >= 15 is 0 Å². The molecule has 1 aliphatic carbocycles. The molecule has 1 heterocycles. The maximum absolute atomic E-state index is 10.1. The summed E-state index contributed by atoms with van der Waals surface area (Å²) in [4.78, 5) is 4.54. The van der Waals surface area contributed by atoms with Gasteiger partial charge in [0.15, 0.2) is 0 Å². The fourth-order valence-electron chi connectivity index (χ4n) is 2.42. The van der Waals surface area contributed by atoms with Gasteiger partial charge in [-0.15, -0.1) is 0 Å². The van der Waals surface area contributed by atoms with Crippen molar-refractivity contribution in [1.82, 2.24) is 4.98 Å². The number of aromatic nitrogens is 1. The second kappa shape index (κ2) is 4.62. The highest BCUT2D eigenvalue weighted by molar-refractivity contribution is 5.70. The minimum atomic E-state index is 0.0732. The molecule has 1 N–H and O–H groups in total. The maximum Gasteiger partial charge on any atom is 0.123 e. The predicted octanol–water partition coefficient (Wildman–Crippen LogP) is 4.63. The van der Waals surface area contributed by atoms with Crippen LogP contribution in [0.25, 0.3) is 11.1 Å². The molecule has 0 bridgehead atoms. The number of aromatic hydroxyl groups is 1. The van der Waals surface area contributed by atoms with E-state index < -0.39 is 0 Å².